The second-order valence-corrected chi connectivity index (χ2v) is 6.83. The Balaban J connectivity index is 1.53. The number of hydrogen-bond acceptors (Lipinski definition) is 5. The molecule has 0 aromatic carbocycles. The van der Waals surface area contributed by atoms with Gasteiger partial charge in [-0.1, -0.05) is 0 Å². The maximum Gasteiger partial charge on any atom is 0.335 e. The van der Waals surface area contributed by atoms with Gasteiger partial charge in [-0.05, 0) is 44.5 Å². The Morgan fingerprint density at radius 2 is 1.84 bits per heavy atom. The van der Waals surface area contributed by atoms with Gasteiger partial charge in [-0.2, -0.15) is 0 Å². The van der Waals surface area contributed by atoms with Crippen molar-refractivity contribution in [2.24, 2.45) is 0 Å². The molecule has 0 bridgehead atoms. The number of hydrogen-bond donors (Lipinski definition) is 1. The molecule has 1 N–H and O–H groups in total. The van der Waals surface area contributed by atoms with Crippen molar-refractivity contribution in [3.8, 4) is 0 Å². The minimum Gasteiger partial charge on any atom is -0.478 e. The molecule has 2 aliphatic rings. The van der Waals surface area contributed by atoms with Crippen LogP contribution in [0.15, 0.2) is 18.3 Å². The highest BCUT2D eigenvalue weighted by molar-refractivity contribution is 5.87. The fraction of sp³-hybridized carbons (Fsp3) is 0.611. The molecule has 2 fully saturated rings. The Hall–Kier alpha value is -1.99. The number of rotatable bonds is 6. The van der Waals surface area contributed by atoms with Crippen LogP contribution in [0, 0.1) is 0 Å². The van der Waals surface area contributed by atoms with E-state index in [0.29, 0.717) is 18.8 Å². The van der Waals surface area contributed by atoms with E-state index in [2.05, 4.69) is 14.8 Å². The van der Waals surface area contributed by atoms with Crippen LogP contribution in [0.2, 0.25) is 0 Å². The fourth-order valence-corrected chi connectivity index (χ4v) is 3.55. The number of carboxylic acids is 1. The van der Waals surface area contributed by atoms with Crippen LogP contribution in [-0.2, 0) is 11.3 Å². The Kier molecular flexibility index (Phi) is 5.99. The van der Waals surface area contributed by atoms with Gasteiger partial charge in [0.05, 0.1) is 17.8 Å². The van der Waals surface area contributed by atoms with E-state index in [4.69, 9.17) is 5.11 Å². The molecule has 3 rings (SSSR count). The first kappa shape index (κ1) is 17.8. The molecule has 0 spiro atoms. The van der Waals surface area contributed by atoms with E-state index >= 15 is 0 Å². The topological polar surface area (TPSA) is 77.0 Å². The molecule has 0 radical (unpaired) electrons. The average molecular weight is 346 g/mol. The molecule has 3 heterocycles. The molecule has 25 heavy (non-hydrogen) atoms. The van der Waals surface area contributed by atoms with E-state index < -0.39 is 5.97 Å². The molecule has 0 aliphatic carbocycles. The number of carbonyl (C=O) groups excluding carboxylic acids is 1. The van der Waals surface area contributed by atoms with E-state index in [1.54, 1.807) is 6.07 Å². The van der Waals surface area contributed by atoms with Crippen LogP contribution in [0.25, 0.3) is 0 Å². The summed E-state index contributed by atoms with van der Waals surface area (Å²) in [6, 6.07) is 3.07. The van der Waals surface area contributed by atoms with Gasteiger partial charge in [0.25, 0.3) is 0 Å². The third-order valence-electron chi connectivity index (χ3n) is 4.95. The number of aromatic nitrogens is 1. The summed E-state index contributed by atoms with van der Waals surface area (Å²) < 4.78 is 0. The quantitative estimate of drug-likeness (QED) is 0.825. The number of likely N-dealkylation sites (tertiary alicyclic amines) is 1. The number of amides is 1. The van der Waals surface area contributed by atoms with E-state index in [0.717, 1.165) is 45.7 Å². The predicted octanol–water partition coefficient (Wildman–Crippen LogP) is 0.910. The SMILES string of the molecule is O=C(O)c1ccnc(CN2CCCN(CCN3CCCC3)C(=O)C2)c1. The Labute approximate surface area is 148 Å². The first-order chi connectivity index (χ1) is 12.1. The lowest BCUT2D eigenvalue weighted by atomic mass is 10.2. The summed E-state index contributed by atoms with van der Waals surface area (Å²) >= 11 is 0. The van der Waals surface area contributed by atoms with Crippen molar-refractivity contribution in [3.63, 3.8) is 0 Å². The zero-order valence-electron chi connectivity index (χ0n) is 14.6. The molecule has 1 aromatic heterocycles. The van der Waals surface area contributed by atoms with Crippen molar-refractivity contribution in [2.75, 3.05) is 45.8 Å². The molecule has 7 nitrogen and oxygen atoms in total. The normalized spacial score (nSPS) is 20.0. The highest BCUT2D eigenvalue weighted by atomic mass is 16.4. The highest BCUT2D eigenvalue weighted by Gasteiger charge is 2.23. The van der Waals surface area contributed by atoms with Crippen molar-refractivity contribution in [1.82, 2.24) is 19.7 Å². The van der Waals surface area contributed by atoms with Gasteiger partial charge in [-0.25, -0.2) is 4.79 Å². The largest absolute Gasteiger partial charge is 0.478 e. The van der Waals surface area contributed by atoms with Crippen LogP contribution >= 0.6 is 0 Å². The molecule has 2 aliphatic heterocycles. The highest BCUT2D eigenvalue weighted by Crippen LogP contribution is 2.11. The first-order valence-corrected chi connectivity index (χ1v) is 9.02. The minimum absolute atomic E-state index is 0.158. The van der Waals surface area contributed by atoms with Crippen LogP contribution in [0.4, 0.5) is 0 Å². The van der Waals surface area contributed by atoms with E-state index in [9.17, 15) is 9.59 Å². The molecule has 136 valence electrons. The van der Waals surface area contributed by atoms with Gasteiger partial charge in [-0.15, -0.1) is 0 Å². The molecular weight excluding hydrogens is 320 g/mol. The van der Waals surface area contributed by atoms with Crippen LogP contribution < -0.4 is 0 Å². The zero-order valence-corrected chi connectivity index (χ0v) is 14.6. The van der Waals surface area contributed by atoms with Crippen molar-refractivity contribution in [1.29, 1.82) is 0 Å². The molecule has 0 unspecified atom stereocenters. The molecule has 1 amide bonds. The Morgan fingerprint density at radius 3 is 2.60 bits per heavy atom. The summed E-state index contributed by atoms with van der Waals surface area (Å²) in [7, 11) is 0. The number of carbonyl (C=O) groups is 2. The van der Waals surface area contributed by atoms with Crippen LogP contribution in [-0.4, -0.2) is 82.5 Å². The van der Waals surface area contributed by atoms with Crippen LogP contribution in [0.3, 0.4) is 0 Å². The van der Waals surface area contributed by atoms with Crippen molar-refractivity contribution >= 4 is 11.9 Å². The molecule has 7 heteroatoms. The second kappa shape index (κ2) is 8.40. The van der Waals surface area contributed by atoms with Crippen molar-refractivity contribution in [2.45, 2.75) is 25.8 Å². The Bertz CT molecular complexity index is 616. The summed E-state index contributed by atoms with van der Waals surface area (Å²) in [5.41, 5.74) is 0.927. The van der Waals surface area contributed by atoms with E-state index in [1.807, 2.05) is 4.90 Å². The van der Waals surface area contributed by atoms with Gasteiger partial charge in [0.1, 0.15) is 0 Å². The molecular formula is C18H26N4O3. The standard InChI is InChI=1S/C18H26N4O3/c23-17-14-21(13-16-12-15(18(24)25)4-5-19-16)8-3-9-22(17)11-10-20-6-1-2-7-20/h4-5,12H,1-3,6-11,13-14H2,(H,24,25). The summed E-state index contributed by atoms with van der Waals surface area (Å²) in [6.45, 7) is 6.58. The summed E-state index contributed by atoms with van der Waals surface area (Å²) in [6.07, 6.45) is 4.99. The van der Waals surface area contributed by atoms with Crippen molar-refractivity contribution < 1.29 is 14.7 Å². The molecule has 0 atom stereocenters. The van der Waals surface area contributed by atoms with Crippen LogP contribution in [0.1, 0.15) is 35.3 Å². The van der Waals surface area contributed by atoms with E-state index in [-0.39, 0.29) is 11.5 Å². The maximum absolute atomic E-state index is 12.5. The van der Waals surface area contributed by atoms with Gasteiger partial charge in [0, 0.05) is 38.9 Å². The molecule has 0 saturated carbocycles. The van der Waals surface area contributed by atoms with Gasteiger partial charge in [0.2, 0.25) is 5.91 Å². The minimum atomic E-state index is -0.955. The summed E-state index contributed by atoms with van der Waals surface area (Å²) in [5, 5.41) is 9.08. The number of nitrogens with zero attached hydrogens (tertiary/aromatic N) is 4. The lowest BCUT2D eigenvalue weighted by molar-refractivity contribution is -0.131. The molecule has 2 saturated heterocycles. The number of aromatic carboxylic acids is 1. The predicted molar refractivity (Wildman–Crippen MR) is 93.3 cm³/mol. The lowest BCUT2D eigenvalue weighted by Gasteiger charge is -2.24. The molecule has 1 aromatic rings. The van der Waals surface area contributed by atoms with Gasteiger partial charge < -0.3 is 14.9 Å². The third-order valence-corrected chi connectivity index (χ3v) is 4.95. The first-order valence-electron chi connectivity index (χ1n) is 9.02. The van der Waals surface area contributed by atoms with Crippen LogP contribution in [0.5, 0.6) is 0 Å². The van der Waals surface area contributed by atoms with E-state index in [1.165, 1.54) is 25.1 Å². The van der Waals surface area contributed by atoms with Gasteiger partial charge in [0.15, 0.2) is 0 Å². The summed E-state index contributed by atoms with van der Waals surface area (Å²) in [5.74, 6) is -0.797. The lowest BCUT2D eigenvalue weighted by Crippen LogP contribution is -2.40. The Morgan fingerprint density at radius 1 is 1.08 bits per heavy atom. The smallest absolute Gasteiger partial charge is 0.335 e. The van der Waals surface area contributed by atoms with Gasteiger partial charge >= 0.3 is 5.97 Å². The van der Waals surface area contributed by atoms with Gasteiger partial charge in [-0.3, -0.25) is 14.7 Å². The average Bonchev–Trinajstić information content (AvgIpc) is 3.05. The third kappa shape index (κ3) is 4.99. The van der Waals surface area contributed by atoms with Crippen molar-refractivity contribution in [3.05, 3.63) is 29.6 Å². The maximum atomic E-state index is 12.5. The second-order valence-electron chi connectivity index (χ2n) is 6.83. The summed E-state index contributed by atoms with van der Waals surface area (Å²) in [4.78, 5) is 34.3. The monoisotopic (exact) mass is 346 g/mol. The number of pyridine rings is 1. The zero-order chi connectivity index (χ0) is 17.6. The fourth-order valence-electron chi connectivity index (χ4n) is 3.55. The number of carboxylic acid groups (broad SMARTS) is 1.